The topological polar surface area (TPSA) is 79.5 Å². The van der Waals surface area contributed by atoms with Crippen molar-refractivity contribution < 1.29 is 31.9 Å². The molecule has 0 bridgehead atoms. The van der Waals surface area contributed by atoms with Crippen molar-refractivity contribution in [2.75, 3.05) is 24.3 Å². The van der Waals surface area contributed by atoms with Gasteiger partial charge in [0, 0.05) is 23.5 Å². The van der Waals surface area contributed by atoms with Gasteiger partial charge in [-0.25, -0.2) is 4.39 Å². The van der Waals surface area contributed by atoms with Crippen molar-refractivity contribution in [3.63, 3.8) is 0 Å². The molecule has 0 aromatic heterocycles. The summed E-state index contributed by atoms with van der Waals surface area (Å²) >= 11 is 0. The molecule has 0 atom stereocenters. The predicted octanol–water partition coefficient (Wildman–Crippen LogP) is 4.83. The highest BCUT2D eigenvalue weighted by molar-refractivity contribution is 6.04. The summed E-state index contributed by atoms with van der Waals surface area (Å²) in [4.78, 5) is 24.3. The van der Waals surface area contributed by atoms with Gasteiger partial charge in [0.15, 0.2) is 0 Å². The minimum atomic E-state index is -4.74. The molecule has 2 amide bonds. The maximum absolute atomic E-state index is 13.6. The molecule has 0 aliphatic heterocycles. The molecule has 0 saturated carbocycles. The zero-order valence-corrected chi connectivity index (χ0v) is 18.0. The first-order chi connectivity index (χ1) is 16.2. The minimum absolute atomic E-state index is 0.0886. The van der Waals surface area contributed by atoms with Crippen molar-refractivity contribution in [3.05, 3.63) is 89.2 Å². The quantitative estimate of drug-likeness (QED) is 0.408. The van der Waals surface area contributed by atoms with Crippen LogP contribution in [0.1, 0.15) is 21.5 Å². The van der Waals surface area contributed by atoms with Crippen LogP contribution in [0, 0.1) is 5.82 Å². The molecule has 0 aliphatic rings. The first-order valence-corrected chi connectivity index (χ1v) is 10.1. The van der Waals surface area contributed by atoms with Crippen molar-refractivity contribution in [1.29, 1.82) is 0 Å². The van der Waals surface area contributed by atoms with E-state index in [1.54, 1.807) is 24.3 Å². The standard InChI is InChI=1S/C24H21F4N3O3/c1-34-19-9-2-15(3-10-19)13-30-22(32)14-29-21-11-8-18(12-20(21)24(26,27)28)31-23(33)16-4-6-17(25)7-5-16/h2-12,29H,13-14H2,1H3,(H,30,32)(H,31,33). The highest BCUT2D eigenvalue weighted by atomic mass is 19.4. The summed E-state index contributed by atoms with van der Waals surface area (Å²) in [5.41, 5.74) is -0.576. The lowest BCUT2D eigenvalue weighted by Crippen LogP contribution is -2.30. The van der Waals surface area contributed by atoms with Gasteiger partial charge in [-0.15, -0.1) is 0 Å². The average Bonchev–Trinajstić information content (AvgIpc) is 2.82. The van der Waals surface area contributed by atoms with Crippen LogP contribution in [-0.2, 0) is 17.5 Å². The molecule has 3 aromatic rings. The molecule has 34 heavy (non-hydrogen) atoms. The lowest BCUT2D eigenvalue weighted by Gasteiger charge is -2.16. The number of anilines is 2. The van der Waals surface area contributed by atoms with Crippen LogP contribution in [0.2, 0.25) is 0 Å². The molecule has 3 N–H and O–H groups in total. The van der Waals surface area contributed by atoms with Gasteiger partial charge in [-0.2, -0.15) is 13.2 Å². The summed E-state index contributed by atoms with van der Waals surface area (Å²) in [7, 11) is 1.53. The van der Waals surface area contributed by atoms with Gasteiger partial charge in [-0.1, -0.05) is 12.1 Å². The van der Waals surface area contributed by atoms with E-state index >= 15 is 0 Å². The molecule has 0 radical (unpaired) electrons. The number of nitrogens with one attached hydrogen (secondary N) is 3. The van der Waals surface area contributed by atoms with E-state index in [4.69, 9.17) is 4.74 Å². The van der Waals surface area contributed by atoms with E-state index in [0.29, 0.717) is 5.75 Å². The summed E-state index contributed by atoms with van der Waals surface area (Å²) < 4.78 is 58.8. The van der Waals surface area contributed by atoms with E-state index in [9.17, 15) is 27.2 Å². The first kappa shape index (κ1) is 24.6. The number of amides is 2. The Morgan fingerprint density at radius 3 is 2.24 bits per heavy atom. The molecule has 10 heteroatoms. The lowest BCUT2D eigenvalue weighted by atomic mass is 10.1. The van der Waals surface area contributed by atoms with Crippen molar-refractivity contribution in [2.45, 2.75) is 12.7 Å². The number of hydrogen-bond donors (Lipinski definition) is 3. The Labute approximate surface area is 192 Å². The minimum Gasteiger partial charge on any atom is -0.497 e. The first-order valence-electron chi connectivity index (χ1n) is 10.1. The summed E-state index contributed by atoms with van der Waals surface area (Å²) in [6, 6.07) is 14.7. The van der Waals surface area contributed by atoms with Gasteiger partial charge < -0.3 is 20.7 Å². The number of rotatable bonds is 8. The number of ether oxygens (including phenoxy) is 1. The highest BCUT2D eigenvalue weighted by Gasteiger charge is 2.34. The SMILES string of the molecule is COc1ccc(CNC(=O)CNc2ccc(NC(=O)c3ccc(F)cc3)cc2C(F)(F)F)cc1. The van der Waals surface area contributed by atoms with E-state index in [1.807, 2.05) is 0 Å². The molecule has 0 aliphatic carbocycles. The molecular weight excluding hydrogens is 454 g/mol. The molecule has 0 unspecified atom stereocenters. The Morgan fingerprint density at radius 2 is 1.62 bits per heavy atom. The smallest absolute Gasteiger partial charge is 0.418 e. The van der Waals surface area contributed by atoms with Crippen molar-refractivity contribution in [3.8, 4) is 5.75 Å². The molecular formula is C24H21F4N3O3. The van der Waals surface area contributed by atoms with E-state index in [0.717, 1.165) is 29.8 Å². The third kappa shape index (κ3) is 6.71. The van der Waals surface area contributed by atoms with Gasteiger partial charge in [0.2, 0.25) is 5.91 Å². The maximum Gasteiger partial charge on any atom is 0.418 e. The number of methoxy groups -OCH3 is 1. The maximum atomic E-state index is 13.6. The van der Waals surface area contributed by atoms with Gasteiger partial charge in [0.25, 0.3) is 5.91 Å². The second-order valence-electron chi connectivity index (χ2n) is 7.20. The fraction of sp³-hybridized carbons (Fsp3) is 0.167. The van der Waals surface area contributed by atoms with Crippen molar-refractivity contribution in [2.24, 2.45) is 0 Å². The number of halogens is 4. The Bertz CT molecular complexity index is 1150. The molecule has 3 aromatic carbocycles. The van der Waals surface area contributed by atoms with E-state index in [1.165, 1.54) is 25.3 Å². The van der Waals surface area contributed by atoms with Crippen molar-refractivity contribution in [1.82, 2.24) is 5.32 Å². The Hall–Kier alpha value is -4.08. The van der Waals surface area contributed by atoms with Gasteiger partial charge >= 0.3 is 6.18 Å². The van der Waals surface area contributed by atoms with Crippen molar-refractivity contribution >= 4 is 23.2 Å². The molecule has 3 rings (SSSR count). The lowest BCUT2D eigenvalue weighted by molar-refractivity contribution is -0.137. The Balaban J connectivity index is 1.63. The summed E-state index contributed by atoms with van der Waals surface area (Å²) in [5.74, 6) is -1.07. The van der Waals surface area contributed by atoms with E-state index in [-0.39, 0.29) is 30.0 Å². The number of carbonyl (C=O) groups excluding carboxylic acids is 2. The second kappa shape index (κ2) is 10.7. The highest BCUT2D eigenvalue weighted by Crippen LogP contribution is 2.36. The van der Waals surface area contributed by atoms with Crippen LogP contribution in [0.15, 0.2) is 66.7 Å². The van der Waals surface area contributed by atoms with Crippen LogP contribution in [0.3, 0.4) is 0 Å². The molecule has 6 nitrogen and oxygen atoms in total. The van der Waals surface area contributed by atoms with Gasteiger partial charge in [-0.05, 0) is 60.2 Å². The largest absolute Gasteiger partial charge is 0.497 e. The second-order valence-corrected chi connectivity index (χ2v) is 7.20. The fourth-order valence-electron chi connectivity index (χ4n) is 3.00. The van der Waals surface area contributed by atoms with E-state index < -0.39 is 29.4 Å². The van der Waals surface area contributed by atoms with Crippen LogP contribution in [0.25, 0.3) is 0 Å². The van der Waals surface area contributed by atoms with Crippen LogP contribution < -0.4 is 20.7 Å². The molecule has 0 heterocycles. The number of alkyl halides is 3. The Morgan fingerprint density at radius 1 is 0.941 bits per heavy atom. The normalized spacial score (nSPS) is 11.0. The third-order valence-corrected chi connectivity index (χ3v) is 4.78. The molecule has 0 saturated heterocycles. The molecule has 0 fully saturated rings. The number of carbonyl (C=O) groups is 2. The van der Waals surface area contributed by atoms with Crippen LogP contribution in [-0.4, -0.2) is 25.5 Å². The Kier molecular flexibility index (Phi) is 7.72. The van der Waals surface area contributed by atoms with Crippen LogP contribution >= 0.6 is 0 Å². The summed E-state index contributed by atoms with van der Waals surface area (Å²) in [5, 5.41) is 7.45. The van der Waals surface area contributed by atoms with Crippen LogP contribution in [0.4, 0.5) is 28.9 Å². The van der Waals surface area contributed by atoms with Gasteiger partial charge in [0.05, 0.1) is 19.2 Å². The zero-order chi connectivity index (χ0) is 24.7. The monoisotopic (exact) mass is 475 g/mol. The molecule has 0 spiro atoms. The molecule has 178 valence electrons. The van der Waals surface area contributed by atoms with Crippen LogP contribution in [0.5, 0.6) is 5.75 Å². The van der Waals surface area contributed by atoms with E-state index in [2.05, 4.69) is 16.0 Å². The fourth-order valence-corrected chi connectivity index (χ4v) is 3.00. The predicted molar refractivity (Wildman–Crippen MR) is 119 cm³/mol. The van der Waals surface area contributed by atoms with Gasteiger partial charge in [0.1, 0.15) is 11.6 Å². The number of benzene rings is 3. The average molecular weight is 475 g/mol. The third-order valence-electron chi connectivity index (χ3n) is 4.78. The van der Waals surface area contributed by atoms with Gasteiger partial charge in [-0.3, -0.25) is 9.59 Å². The summed E-state index contributed by atoms with van der Waals surface area (Å²) in [6.07, 6.45) is -4.74. The number of hydrogen-bond acceptors (Lipinski definition) is 4. The summed E-state index contributed by atoms with van der Waals surface area (Å²) in [6.45, 7) is -0.189. The zero-order valence-electron chi connectivity index (χ0n) is 18.0.